The van der Waals surface area contributed by atoms with E-state index >= 15 is 0 Å². The maximum absolute atomic E-state index is 12.9. The van der Waals surface area contributed by atoms with E-state index in [1.165, 1.54) is 12.1 Å². The van der Waals surface area contributed by atoms with Crippen LogP contribution in [0.15, 0.2) is 36.5 Å². The van der Waals surface area contributed by atoms with Crippen LogP contribution in [-0.2, 0) is 6.42 Å². The topological polar surface area (TPSA) is 50.9 Å². The van der Waals surface area contributed by atoms with E-state index in [1.807, 2.05) is 0 Å². The van der Waals surface area contributed by atoms with Crippen molar-refractivity contribution in [3.63, 3.8) is 0 Å². The highest BCUT2D eigenvalue weighted by Gasteiger charge is 2.01. The number of benzene rings is 1. The summed E-state index contributed by atoms with van der Waals surface area (Å²) in [5.74, 6) is -0.481. The number of pyridine rings is 1. The Labute approximate surface area is 104 Å². The van der Waals surface area contributed by atoms with Gasteiger partial charge in [-0.2, -0.15) is 0 Å². The van der Waals surface area contributed by atoms with E-state index in [1.54, 1.807) is 18.3 Å². The van der Waals surface area contributed by atoms with Crippen LogP contribution in [0.3, 0.4) is 0 Å². The summed E-state index contributed by atoms with van der Waals surface area (Å²) < 4.78 is 25.9. The number of aromatic nitrogens is 1. The van der Waals surface area contributed by atoms with Gasteiger partial charge in [0.2, 0.25) is 0 Å². The molecule has 18 heavy (non-hydrogen) atoms. The molecule has 2 rings (SSSR count). The third-order valence-electron chi connectivity index (χ3n) is 2.43. The van der Waals surface area contributed by atoms with Crippen molar-refractivity contribution in [2.75, 3.05) is 17.6 Å². The maximum atomic E-state index is 12.9. The van der Waals surface area contributed by atoms with Crippen LogP contribution in [0.5, 0.6) is 0 Å². The zero-order chi connectivity index (χ0) is 13.0. The lowest BCUT2D eigenvalue weighted by atomic mass is 10.1. The van der Waals surface area contributed by atoms with Gasteiger partial charge in [-0.25, -0.2) is 13.8 Å². The molecule has 1 aromatic carbocycles. The summed E-state index contributed by atoms with van der Waals surface area (Å²) in [6, 6.07) is 6.88. The second-order valence-corrected chi connectivity index (χ2v) is 3.93. The minimum absolute atomic E-state index is 0.505. The number of hydrogen-bond donors (Lipinski definition) is 2. The molecule has 1 heterocycles. The quantitative estimate of drug-likeness (QED) is 0.875. The van der Waals surface area contributed by atoms with Crippen molar-refractivity contribution in [2.24, 2.45) is 0 Å². The van der Waals surface area contributed by atoms with Crippen molar-refractivity contribution in [3.8, 4) is 0 Å². The first-order valence-electron chi connectivity index (χ1n) is 5.54. The molecule has 0 saturated heterocycles. The highest BCUT2D eigenvalue weighted by Crippen LogP contribution is 2.10. The number of halogens is 2. The van der Waals surface area contributed by atoms with Gasteiger partial charge in [-0.1, -0.05) is 0 Å². The molecular weight excluding hydrogens is 236 g/mol. The van der Waals surface area contributed by atoms with Crippen molar-refractivity contribution in [1.29, 1.82) is 0 Å². The van der Waals surface area contributed by atoms with Gasteiger partial charge in [-0.3, -0.25) is 0 Å². The summed E-state index contributed by atoms with van der Waals surface area (Å²) in [5.41, 5.74) is 6.82. The SMILES string of the molecule is Nc1ccnc(NCCc2cc(F)cc(F)c2)c1. The molecule has 3 nitrogen and oxygen atoms in total. The second-order valence-electron chi connectivity index (χ2n) is 3.93. The van der Waals surface area contributed by atoms with Crippen LogP contribution < -0.4 is 11.1 Å². The molecule has 0 aliphatic heterocycles. The van der Waals surface area contributed by atoms with Gasteiger partial charge in [0.05, 0.1) is 0 Å². The lowest BCUT2D eigenvalue weighted by Crippen LogP contribution is -2.07. The van der Waals surface area contributed by atoms with Crippen LogP contribution >= 0.6 is 0 Å². The fraction of sp³-hybridized carbons (Fsp3) is 0.154. The Kier molecular flexibility index (Phi) is 3.72. The zero-order valence-corrected chi connectivity index (χ0v) is 9.66. The van der Waals surface area contributed by atoms with Crippen molar-refractivity contribution in [2.45, 2.75) is 6.42 Å². The first-order valence-corrected chi connectivity index (χ1v) is 5.54. The molecule has 1 aromatic heterocycles. The highest BCUT2D eigenvalue weighted by molar-refractivity contribution is 5.48. The average Bonchev–Trinajstić information content (AvgIpc) is 2.27. The van der Waals surface area contributed by atoms with Gasteiger partial charge in [0.25, 0.3) is 0 Å². The third-order valence-corrected chi connectivity index (χ3v) is 2.43. The van der Waals surface area contributed by atoms with Gasteiger partial charge >= 0.3 is 0 Å². The number of nitrogen functional groups attached to an aromatic ring is 1. The number of hydrogen-bond acceptors (Lipinski definition) is 3. The Balaban J connectivity index is 1.92. The Hall–Kier alpha value is -2.17. The average molecular weight is 249 g/mol. The molecule has 0 aliphatic carbocycles. The monoisotopic (exact) mass is 249 g/mol. The predicted octanol–water partition coefficient (Wildman–Crippen LogP) is 2.60. The van der Waals surface area contributed by atoms with E-state index in [4.69, 9.17) is 5.73 Å². The van der Waals surface area contributed by atoms with Crippen LogP contribution in [0, 0.1) is 11.6 Å². The molecule has 0 fully saturated rings. The second kappa shape index (κ2) is 5.44. The standard InChI is InChI=1S/C13H13F2N3/c14-10-5-9(6-11(15)7-10)1-3-17-13-8-12(16)2-4-18-13/h2,4-8H,1,3H2,(H3,16,17,18). The van der Waals surface area contributed by atoms with Crippen molar-refractivity contribution >= 4 is 11.5 Å². The van der Waals surface area contributed by atoms with Gasteiger partial charge in [-0.15, -0.1) is 0 Å². The van der Waals surface area contributed by atoms with Crippen molar-refractivity contribution in [1.82, 2.24) is 4.98 Å². The number of nitrogens with zero attached hydrogens (tertiary/aromatic N) is 1. The van der Waals surface area contributed by atoms with Crippen LogP contribution in [0.1, 0.15) is 5.56 Å². The van der Waals surface area contributed by atoms with E-state index in [0.717, 1.165) is 6.07 Å². The van der Waals surface area contributed by atoms with Crippen LogP contribution in [0.4, 0.5) is 20.3 Å². The molecule has 3 N–H and O–H groups in total. The summed E-state index contributed by atoms with van der Waals surface area (Å²) in [6.45, 7) is 0.527. The predicted molar refractivity (Wildman–Crippen MR) is 67.2 cm³/mol. The number of anilines is 2. The van der Waals surface area contributed by atoms with E-state index < -0.39 is 11.6 Å². The first kappa shape index (κ1) is 12.3. The molecule has 0 spiro atoms. The number of rotatable bonds is 4. The van der Waals surface area contributed by atoms with Gasteiger partial charge in [0.1, 0.15) is 17.5 Å². The molecule has 0 saturated carbocycles. The Bertz CT molecular complexity index is 523. The molecule has 0 atom stereocenters. The third kappa shape index (κ3) is 3.41. The summed E-state index contributed by atoms with van der Waals surface area (Å²) in [7, 11) is 0. The van der Waals surface area contributed by atoms with Gasteiger partial charge < -0.3 is 11.1 Å². The minimum atomic E-state index is -0.563. The maximum Gasteiger partial charge on any atom is 0.127 e. The summed E-state index contributed by atoms with van der Waals surface area (Å²) in [6.07, 6.45) is 2.10. The fourth-order valence-corrected chi connectivity index (χ4v) is 1.63. The van der Waals surface area contributed by atoms with E-state index in [-0.39, 0.29) is 0 Å². The largest absolute Gasteiger partial charge is 0.399 e. The molecular formula is C13H13F2N3. The van der Waals surface area contributed by atoms with Crippen LogP contribution in [0.25, 0.3) is 0 Å². The Morgan fingerprint density at radius 3 is 2.50 bits per heavy atom. The molecule has 5 heteroatoms. The molecule has 0 amide bonds. The van der Waals surface area contributed by atoms with E-state index in [0.29, 0.717) is 30.0 Å². The van der Waals surface area contributed by atoms with Crippen molar-refractivity contribution in [3.05, 3.63) is 53.7 Å². The molecule has 0 aliphatic rings. The van der Waals surface area contributed by atoms with Gasteiger partial charge in [0, 0.05) is 30.6 Å². The summed E-state index contributed by atoms with van der Waals surface area (Å²) in [4.78, 5) is 4.07. The molecule has 0 unspecified atom stereocenters. The first-order chi connectivity index (χ1) is 8.63. The smallest absolute Gasteiger partial charge is 0.127 e. The zero-order valence-electron chi connectivity index (χ0n) is 9.66. The lowest BCUT2D eigenvalue weighted by Gasteiger charge is -2.06. The van der Waals surface area contributed by atoms with Crippen molar-refractivity contribution < 1.29 is 8.78 Å². The van der Waals surface area contributed by atoms with Crippen LogP contribution in [0.2, 0.25) is 0 Å². The lowest BCUT2D eigenvalue weighted by molar-refractivity contribution is 0.580. The highest BCUT2D eigenvalue weighted by atomic mass is 19.1. The summed E-state index contributed by atoms with van der Waals surface area (Å²) in [5, 5.41) is 3.04. The number of nitrogens with one attached hydrogen (secondary N) is 1. The van der Waals surface area contributed by atoms with Gasteiger partial charge in [0.15, 0.2) is 0 Å². The fourth-order valence-electron chi connectivity index (χ4n) is 1.63. The molecule has 94 valence electrons. The van der Waals surface area contributed by atoms with E-state index in [9.17, 15) is 8.78 Å². The Morgan fingerprint density at radius 2 is 1.83 bits per heavy atom. The number of nitrogens with two attached hydrogens (primary N) is 1. The minimum Gasteiger partial charge on any atom is -0.399 e. The molecule has 0 bridgehead atoms. The van der Waals surface area contributed by atoms with Crippen LogP contribution in [-0.4, -0.2) is 11.5 Å². The van der Waals surface area contributed by atoms with E-state index in [2.05, 4.69) is 10.3 Å². The Morgan fingerprint density at radius 1 is 1.11 bits per heavy atom. The summed E-state index contributed by atoms with van der Waals surface area (Å²) >= 11 is 0. The molecule has 2 aromatic rings. The normalized spacial score (nSPS) is 10.3. The van der Waals surface area contributed by atoms with Gasteiger partial charge in [-0.05, 0) is 30.2 Å². The molecule has 0 radical (unpaired) electrons.